The summed E-state index contributed by atoms with van der Waals surface area (Å²) < 4.78 is 0. The molecule has 1 atom stereocenters. The number of amides is 2. The Morgan fingerprint density at radius 1 is 1.28 bits per heavy atom. The lowest BCUT2D eigenvalue weighted by Crippen LogP contribution is -2.37. The van der Waals surface area contributed by atoms with Gasteiger partial charge in [-0.15, -0.1) is 0 Å². The highest BCUT2D eigenvalue weighted by Gasteiger charge is 2.09. The molecule has 0 saturated heterocycles. The van der Waals surface area contributed by atoms with Gasteiger partial charge in [0.2, 0.25) is 0 Å². The summed E-state index contributed by atoms with van der Waals surface area (Å²) in [7, 11) is 0. The first-order valence-electron chi connectivity index (χ1n) is 6.56. The fraction of sp³-hybridized carbons (Fsp3) is 0.500. The largest absolute Gasteiger partial charge is 0.335 e. The quantitative estimate of drug-likeness (QED) is 0.725. The number of nitrogens with two attached hydrogens (primary N) is 1. The van der Waals surface area contributed by atoms with Crippen LogP contribution in [-0.2, 0) is 6.54 Å². The lowest BCUT2D eigenvalue weighted by atomic mass is 10.1. The summed E-state index contributed by atoms with van der Waals surface area (Å²) in [6.45, 7) is 4.71. The van der Waals surface area contributed by atoms with Crippen molar-refractivity contribution in [3.05, 3.63) is 29.8 Å². The summed E-state index contributed by atoms with van der Waals surface area (Å²) >= 11 is 0. The minimum atomic E-state index is -0.143. The molecular weight excluding hydrogens is 226 g/mol. The smallest absolute Gasteiger partial charge is 0.319 e. The van der Waals surface area contributed by atoms with Gasteiger partial charge in [0.05, 0.1) is 0 Å². The number of hydrogen-bond donors (Lipinski definition) is 3. The fourth-order valence-corrected chi connectivity index (χ4v) is 1.80. The zero-order valence-electron chi connectivity index (χ0n) is 11.2. The van der Waals surface area contributed by atoms with E-state index in [-0.39, 0.29) is 12.1 Å². The van der Waals surface area contributed by atoms with Crippen molar-refractivity contribution in [2.24, 2.45) is 5.73 Å². The summed E-state index contributed by atoms with van der Waals surface area (Å²) in [5.74, 6) is 0. The molecule has 0 spiro atoms. The first-order chi connectivity index (χ1) is 8.69. The number of rotatable bonds is 6. The average Bonchev–Trinajstić information content (AvgIpc) is 2.39. The third-order valence-corrected chi connectivity index (χ3v) is 2.91. The Kier molecular flexibility index (Phi) is 6.22. The molecule has 2 amide bonds. The van der Waals surface area contributed by atoms with Gasteiger partial charge < -0.3 is 16.4 Å². The Morgan fingerprint density at radius 2 is 1.94 bits per heavy atom. The van der Waals surface area contributed by atoms with Crippen LogP contribution in [0.25, 0.3) is 0 Å². The summed E-state index contributed by atoms with van der Waals surface area (Å²) in [6.07, 6.45) is 3.04. The zero-order chi connectivity index (χ0) is 13.4. The standard InChI is InChI=1S/C14H23N3O/c1-3-5-12(4-2)16-14(18)17-13-8-6-11(10-15)7-9-13/h6-9,12H,3-5,10,15H2,1-2H3,(H2,16,17,18). The molecule has 18 heavy (non-hydrogen) atoms. The van der Waals surface area contributed by atoms with Gasteiger partial charge in [0.1, 0.15) is 0 Å². The van der Waals surface area contributed by atoms with Crippen molar-refractivity contribution < 1.29 is 4.79 Å². The number of anilines is 1. The second kappa shape index (κ2) is 7.71. The minimum absolute atomic E-state index is 0.143. The lowest BCUT2D eigenvalue weighted by Gasteiger charge is -2.16. The Bertz CT molecular complexity index is 362. The third kappa shape index (κ3) is 4.75. The van der Waals surface area contributed by atoms with Crippen LogP contribution in [0.3, 0.4) is 0 Å². The van der Waals surface area contributed by atoms with Crippen molar-refractivity contribution in [2.75, 3.05) is 5.32 Å². The maximum atomic E-state index is 11.8. The van der Waals surface area contributed by atoms with Gasteiger partial charge in [0, 0.05) is 18.3 Å². The van der Waals surface area contributed by atoms with Crippen LogP contribution in [0.4, 0.5) is 10.5 Å². The van der Waals surface area contributed by atoms with E-state index < -0.39 is 0 Å². The van der Waals surface area contributed by atoms with E-state index in [4.69, 9.17) is 5.73 Å². The van der Waals surface area contributed by atoms with E-state index >= 15 is 0 Å². The average molecular weight is 249 g/mol. The molecule has 0 aromatic heterocycles. The van der Waals surface area contributed by atoms with Gasteiger partial charge in [-0.25, -0.2) is 4.79 Å². The minimum Gasteiger partial charge on any atom is -0.335 e. The van der Waals surface area contributed by atoms with E-state index in [0.29, 0.717) is 6.54 Å². The van der Waals surface area contributed by atoms with Gasteiger partial charge in [0.15, 0.2) is 0 Å². The second-order valence-corrected chi connectivity index (χ2v) is 4.39. The molecule has 4 nitrogen and oxygen atoms in total. The van der Waals surface area contributed by atoms with Crippen molar-refractivity contribution in [1.82, 2.24) is 5.32 Å². The van der Waals surface area contributed by atoms with Crippen LogP contribution >= 0.6 is 0 Å². The molecule has 1 aromatic rings. The van der Waals surface area contributed by atoms with Crippen LogP contribution in [0.15, 0.2) is 24.3 Å². The fourth-order valence-electron chi connectivity index (χ4n) is 1.80. The van der Waals surface area contributed by atoms with Gasteiger partial charge in [-0.05, 0) is 30.5 Å². The number of carbonyl (C=O) groups is 1. The summed E-state index contributed by atoms with van der Waals surface area (Å²) in [5.41, 5.74) is 7.36. The normalized spacial score (nSPS) is 11.9. The van der Waals surface area contributed by atoms with E-state index in [1.54, 1.807) is 0 Å². The van der Waals surface area contributed by atoms with Crippen LogP contribution in [0.1, 0.15) is 38.7 Å². The number of carbonyl (C=O) groups excluding carboxylic acids is 1. The van der Waals surface area contributed by atoms with Gasteiger partial charge in [-0.3, -0.25) is 0 Å². The second-order valence-electron chi connectivity index (χ2n) is 4.39. The van der Waals surface area contributed by atoms with E-state index in [9.17, 15) is 4.79 Å². The van der Waals surface area contributed by atoms with E-state index in [2.05, 4.69) is 24.5 Å². The number of nitrogens with one attached hydrogen (secondary N) is 2. The van der Waals surface area contributed by atoms with Crippen LogP contribution in [0.5, 0.6) is 0 Å². The topological polar surface area (TPSA) is 67.2 Å². The third-order valence-electron chi connectivity index (χ3n) is 2.91. The molecule has 0 aliphatic rings. The molecule has 0 aliphatic heterocycles. The highest BCUT2D eigenvalue weighted by Crippen LogP contribution is 2.09. The highest BCUT2D eigenvalue weighted by atomic mass is 16.2. The predicted molar refractivity (Wildman–Crippen MR) is 75.5 cm³/mol. The molecule has 0 radical (unpaired) electrons. The molecule has 0 fully saturated rings. The Hall–Kier alpha value is -1.55. The van der Waals surface area contributed by atoms with E-state index in [1.165, 1.54) is 0 Å². The van der Waals surface area contributed by atoms with Crippen LogP contribution in [0.2, 0.25) is 0 Å². The van der Waals surface area contributed by atoms with E-state index in [1.807, 2.05) is 24.3 Å². The lowest BCUT2D eigenvalue weighted by molar-refractivity contribution is 0.247. The van der Waals surface area contributed by atoms with Gasteiger partial charge in [0.25, 0.3) is 0 Å². The number of benzene rings is 1. The van der Waals surface area contributed by atoms with Gasteiger partial charge in [-0.2, -0.15) is 0 Å². The monoisotopic (exact) mass is 249 g/mol. The molecule has 1 unspecified atom stereocenters. The Balaban J connectivity index is 2.47. The van der Waals surface area contributed by atoms with Crippen molar-refractivity contribution >= 4 is 11.7 Å². The highest BCUT2D eigenvalue weighted by molar-refractivity contribution is 5.89. The number of urea groups is 1. The molecule has 4 heteroatoms. The molecule has 0 aliphatic carbocycles. The molecular formula is C14H23N3O. The number of hydrogen-bond acceptors (Lipinski definition) is 2. The molecule has 0 bridgehead atoms. The maximum Gasteiger partial charge on any atom is 0.319 e. The SMILES string of the molecule is CCCC(CC)NC(=O)Nc1ccc(CN)cc1. The van der Waals surface area contributed by atoms with Crippen molar-refractivity contribution in [3.63, 3.8) is 0 Å². The Morgan fingerprint density at radius 3 is 2.44 bits per heavy atom. The molecule has 0 heterocycles. The van der Waals surface area contributed by atoms with E-state index in [0.717, 1.165) is 30.5 Å². The molecule has 4 N–H and O–H groups in total. The van der Waals surface area contributed by atoms with Crippen LogP contribution < -0.4 is 16.4 Å². The Labute approximate surface area is 109 Å². The van der Waals surface area contributed by atoms with Crippen LogP contribution in [-0.4, -0.2) is 12.1 Å². The molecule has 1 rings (SSSR count). The van der Waals surface area contributed by atoms with Gasteiger partial charge in [-0.1, -0.05) is 32.4 Å². The van der Waals surface area contributed by atoms with Crippen molar-refractivity contribution in [2.45, 2.75) is 45.7 Å². The predicted octanol–water partition coefficient (Wildman–Crippen LogP) is 2.85. The maximum absolute atomic E-state index is 11.8. The first-order valence-corrected chi connectivity index (χ1v) is 6.56. The first kappa shape index (κ1) is 14.5. The van der Waals surface area contributed by atoms with Crippen LogP contribution in [0, 0.1) is 0 Å². The summed E-state index contributed by atoms with van der Waals surface area (Å²) in [5, 5.41) is 5.80. The summed E-state index contributed by atoms with van der Waals surface area (Å²) in [6, 6.07) is 7.66. The zero-order valence-corrected chi connectivity index (χ0v) is 11.2. The van der Waals surface area contributed by atoms with Crippen molar-refractivity contribution in [3.8, 4) is 0 Å². The molecule has 0 saturated carbocycles. The molecule has 100 valence electrons. The summed E-state index contributed by atoms with van der Waals surface area (Å²) in [4.78, 5) is 11.8. The molecule has 1 aromatic carbocycles. The van der Waals surface area contributed by atoms with Crippen molar-refractivity contribution in [1.29, 1.82) is 0 Å². The van der Waals surface area contributed by atoms with Gasteiger partial charge >= 0.3 is 6.03 Å².